The lowest BCUT2D eigenvalue weighted by atomic mass is 9.96. The first-order valence-electron chi connectivity index (χ1n) is 41.5. The van der Waals surface area contributed by atoms with Gasteiger partial charge in [-0.1, -0.05) is 34.3 Å². The van der Waals surface area contributed by atoms with Crippen molar-refractivity contribution < 1.29 is 176 Å². The highest BCUT2D eigenvalue weighted by Gasteiger charge is 2.54. The SMILES string of the molecule is C=C(C)NC1C(OCCOCCNC(=O)C(CCC(=O)NCCOCCOC2OC(COC(C)=O)C(OC(C)=O)C(OC(C)=O)C2NC(C)=O)NC(=O)CCC(NC(=O)CCOCCOP(OCCC#N)C(C(C)C)C(C)C)C(=O)NCCOCCOC2OC(COC(C)=O)C(OC(C)=O)C(OC(C)=O)C2NC(C)=O)OC(COC(C)=O)C(OC(C)=O)C1OC(C)=O. The van der Waals surface area contributed by atoms with Crippen LogP contribution in [0.15, 0.2) is 12.3 Å². The van der Waals surface area contributed by atoms with Crippen molar-refractivity contribution in [2.75, 3.05) is 125 Å². The smallest absolute Gasteiger partial charge is 0.303 e. The van der Waals surface area contributed by atoms with E-state index >= 15 is 0 Å². The molecule has 0 aliphatic carbocycles. The molecule has 0 radical (unpaired) electrons. The van der Waals surface area contributed by atoms with Crippen molar-refractivity contribution in [3.63, 3.8) is 0 Å². The summed E-state index contributed by atoms with van der Waals surface area (Å²) in [5.41, 5.74) is 0.403. The standard InChI is InChI=1S/C80H128N9O37P/c1-44(2)75(45(3)4)127(116-28-18-24-81)117-40-36-106-29-23-65(103)89-59(77(105)84-27-32-109-35-39-112-80-68(87-48(8)91)74(123-57(17)100)71(120-54(14)97)62(126-80)43-115-51(11)94)20-22-64(102)88-58(76(104)83-26-31-108-34-37-110-78-66(85-46(5)6)72(121-55(15)98)69(118-52(12)95)60(124-78)41-113-49(9)92)19-21-63(101)82-25-30-107-33-38-111-79-67(86-47(7)90)73(122-56(16)99)70(119-53(13)96)61(125-79)42-114-50(10)93/h44-45,58-62,66-75,78-80,85H,5,18-23,25-43H2,1-4,6-17H3,(H,82,101)(H,83,104)(H,84,105)(H,86,90)(H,87,91)(H,88,102)(H,89,103). The molecule has 8 N–H and O–H groups in total. The lowest BCUT2D eigenvalue weighted by Crippen LogP contribution is -2.66. The van der Waals surface area contributed by atoms with Gasteiger partial charge >= 0.3 is 53.7 Å². The summed E-state index contributed by atoms with van der Waals surface area (Å²) in [7, 11) is -1.44. The van der Waals surface area contributed by atoms with Crippen LogP contribution in [0.3, 0.4) is 0 Å². The summed E-state index contributed by atoms with van der Waals surface area (Å²) in [6.45, 7) is 22.5. The van der Waals surface area contributed by atoms with Gasteiger partial charge in [0.1, 0.15) is 68.3 Å². The van der Waals surface area contributed by atoms with Gasteiger partial charge in [-0.2, -0.15) is 5.26 Å². The number of nitrogens with zero attached hydrogens (tertiary/aromatic N) is 1. The molecule has 127 heavy (non-hydrogen) atoms. The summed E-state index contributed by atoms with van der Waals surface area (Å²) >= 11 is 0. The maximum absolute atomic E-state index is 14.2. The number of nitrogens with one attached hydrogen (secondary N) is 8. The van der Waals surface area contributed by atoms with Crippen LogP contribution in [-0.4, -0.2) is 330 Å². The molecule has 3 aliphatic heterocycles. The highest BCUT2D eigenvalue weighted by atomic mass is 31.2. The number of hydrogen-bond donors (Lipinski definition) is 8. The van der Waals surface area contributed by atoms with E-state index in [2.05, 4.69) is 55.2 Å². The zero-order valence-corrected chi connectivity index (χ0v) is 75.8. The van der Waals surface area contributed by atoms with Gasteiger partial charge in [-0.15, -0.1) is 0 Å². The minimum Gasteiger partial charge on any atom is -0.463 e. The molecule has 0 bridgehead atoms. The second-order valence-electron chi connectivity index (χ2n) is 29.8. The molecule has 3 aliphatic rings. The van der Waals surface area contributed by atoms with Gasteiger partial charge in [-0.05, 0) is 31.6 Å². The van der Waals surface area contributed by atoms with Crippen molar-refractivity contribution in [3.05, 3.63) is 12.3 Å². The van der Waals surface area contributed by atoms with E-state index in [4.69, 9.17) is 104 Å². The average molecular weight is 1840 g/mol. The summed E-state index contributed by atoms with van der Waals surface area (Å²) in [5, 5.41) is 30.6. The maximum Gasteiger partial charge on any atom is 0.303 e. The monoisotopic (exact) mass is 1840 g/mol. The van der Waals surface area contributed by atoms with Gasteiger partial charge in [0.15, 0.2) is 63.9 Å². The molecule has 720 valence electrons. The topological polar surface area (TPSA) is 587 Å². The van der Waals surface area contributed by atoms with E-state index in [-0.39, 0.29) is 155 Å². The molecule has 3 fully saturated rings. The Kier molecular flexibility index (Phi) is 53.7. The van der Waals surface area contributed by atoms with Crippen molar-refractivity contribution in [1.29, 1.82) is 5.26 Å². The maximum atomic E-state index is 14.2. The Morgan fingerprint density at radius 3 is 1.02 bits per heavy atom. The first kappa shape index (κ1) is 112. The van der Waals surface area contributed by atoms with Crippen molar-refractivity contribution in [1.82, 2.24) is 42.5 Å². The van der Waals surface area contributed by atoms with E-state index in [1.165, 1.54) is 13.8 Å². The summed E-state index contributed by atoms with van der Waals surface area (Å²) in [5.74, 6) is -11.4. The molecule has 18 unspecified atom stereocenters. The van der Waals surface area contributed by atoms with E-state index in [1.54, 1.807) is 6.92 Å². The molecule has 18 atom stereocenters. The van der Waals surface area contributed by atoms with Crippen molar-refractivity contribution >= 4 is 103 Å². The fourth-order valence-corrected chi connectivity index (χ4v) is 15.1. The van der Waals surface area contributed by atoms with E-state index in [0.717, 1.165) is 62.3 Å². The van der Waals surface area contributed by atoms with E-state index < -0.39 is 234 Å². The van der Waals surface area contributed by atoms with Gasteiger partial charge in [0.05, 0.1) is 98.4 Å². The van der Waals surface area contributed by atoms with Crippen molar-refractivity contribution in [3.8, 4) is 6.07 Å². The molecular formula is C80H128N9O37P. The minimum atomic E-state index is -1.44. The Balaban J connectivity index is 1.87. The van der Waals surface area contributed by atoms with Crippen molar-refractivity contribution in [2.45, 2.75) is 259 Å². The number of rotatable bonds is 60. The molecule has 46 nitrogen and oxygen atoms in total. The molecule has 0 aromatic carbocycles. The van der Waals surface area contributed by atoms with Gasteiger partial charge in [-0.25, -0.2) is 0 Å². The molecule has 0 spiro atoms. The Morgan fingerprint density at radius 1 is 0.370 bits per heavy atom. The third-order valence-electron chi connectivity index (χ3n) is 18.0. The van der Waals surface area contributed by atoms with Crippen LogP contribution >= 0.6 is 8.38 Å². The van der Waals surface area contributed by atoms with Crippen LogP contribution in [-0.2, 0) is 176 Å². The van der Waals surface area contributed by atoms with Crippen LogP contribution in [0.4, 0.5) is 0 Å². The number of hydrogen-bond acceptors (Lipinski definition) is 39. The van der Waals surface area contributed by atoms with Gasteiger partial charge in [0.25, 0.3) is 0 Å². The average Bonchev–Trinajstić information content (AvgIpc) is 0.795. The van der Waals surface area contributed by atoms with Crippen LogP contribution in [0.5, 0.6) is 0 Å². The number of amides is 7. The molecule has 0 saturated carbocycles. The molecule has 0 aromatic rings. The molecule has 3 saturated heterocycles. The molecule has 3 rings (SSSR count). The van der Waals surface area contributed by atoms with Crippen LogP contribution in [0.2, 0.25) is 0 Å². The number of carbonyl (C=O) groups excluding carboxylic acids is 16. The predicted molar refractivity (Wildman–Crippen MR) is 436 cm³/mol. The predicted octanol–water partition coefficient (Wildman–Crippen LogP) is -0.734. The Bertz CT molecular complexity index is 3590. The van der Waals surface area contributed by atoms with Gasteiger partial charge in [0.2, 0.25) is 41.4 Å². The Labute approximate surface area is 738 Å². The highest BCUT2D eigenvalue weighted by Crippen LogP contribution is 2.50. The second kappa shape index (κ2) is 61.1. The fraction of sp³-hybridized carbons (Fsp3) is 0.762. The summed E-state index contributed by atoms with van der Waals surface area (Å²) in [6.07, 6.45) is -17.6. The normalized spacial score (nSPS) is 22.6. The lowest BCUT2D eigenvalue weighted by Gasteiger charge is -2.45. The Morgan fingerprint density at radius 2 is 0.685 bits per heavy atom. The zero-order valence-electron chi connectivity index (χ0n) is 74.9. The molecule has 3 heterocycles. The van der Waals surface area contributed by atoms with Crippen LogP contribution < -0.4 is 42.5 Å². The number of ether oxygens (including phenoxy) is 19. The van der Waals surface area contributed by atoms with Crippen molar-refractivity contribution in [2.24, 2.45) is 11.8 Å². The fourth-order valence-electron chi connectivity index (χ4n) is 13.1. The first-order chi connectivity index (χ1) is 60.1. The Hall–Kier alpha value is -9.50. The number of allylic oxidation sites excluding steroid dienone is 1. The molecular weight excluding hydrogens is 1710 g/mol. The highest BCUT2D eigenvalue weighted by molar-refractivity contribution is 7.48. The number of esters is 9. The quantitative estimate of drug-likeness (QED) is 0.0161. The van der Waals surface area contributed by atoms with Gasteiger partial charge in [-0.3, -0.25) is 76.7 Å². The number of nitriles is 1. The van der Waals surface area contributed by atoms with E-state index in [9.17, 15) is 76.7 Å². The molecule has 47 heteroatoms. The molecule has 7 amide bonds. The minimum absolute atomic E-state index is 0.0298. The van der Waals surface area contributed by atoms with Crippen LogP contribution in [0.1, 0.15) is 149 Å². The van der Waals surface area contributed by atoms with E-state index in [1.807, 2.05) is 27.7 Å². The first-order valence-corrected chi connectivity index (χ1v) is 42.7. The summed E-state index contributed by atoms with van der Waals surface area (Å²) < 4.78 is 120. The zero-order chi connectivity index (χ0) is 94.8. The summed E-state index contributed by atoms with van der Waals surface area (Å²) in [4.78, 5) is 204. The second-order valence-corrected chi connectivity index (χ2v) is 31.5. The largest absolute Gasteiger partial charge is 0.463 e. The lowest BCUT2D eigenvalue weighted by molar-refractivity contribution is -0.279. The summed E-state index contributed by atoms with van der Waals surface area (Å²) in [6, 6.07) is -4.39. The van der Waals surface area contributed by atoms with Crippen LogP contribution in [0.25, 0.3) is 0 Å². The number of carbonyl (C=O) groups is 16. The van der Waals surface area contributed by atoms with Gasteiger partial charge in [0, 0.05) is 126 Å². The molecule has 0 aromatic heterocycles. The van der Waals surface area contributed by atoms with Crippen LogP contribution in [0, 0.1) is 23.2 Å². The van der Waals surface area contributed by atoms with E-state index in [0.29, 0.717) is 5.70 Å². The van der Waals surface area contributed by atoms with Gasteiger partial charge < -0.3 is 142 Å². The third kappa shape index (κ3) is 45.4. The third-order valence-corrected chi connectivity index (χ3v) is 20.6.